The minimum Gasteiger partial charge on any atom is -0.437 e. The van der Waals surface area contributed by atoms with Crippen molar-refractivity contribution in [1.29, 1.82) is 0 Å². The average Bonchev–Trinajstić information content (AvgIpc) is 2.72. The van der Waals surface area contributed by atoms with Crippen molar-refractivity contribution in [3.63, 3.8) is 0 Å². The van der Waals surface area contributed by atoms with Crippen LogP contribution in [0.4, 0.5) is 0 Å². The van der Waals surface area contributed by atoms with E-state index in [9.17, 15) is 0 Å². The molecule has 0 radical (unpaired) electrons. The summed E-state index contributed by atoms with van der Waals surface area (Å²) in [6, 6.07) is 14.4. The molecule has 1 aromatic heterocycles. The van der Waals surface area contributed by atoms with Gasteiger partial charge in [0.25, 0.3) is 0 Å². The van der Waals surface area contributed by atoms with Crippen LogP contribution in [-0.2, 0) is 11.3 Å². The molecule has 0 amide bonds. The van der Waals surface area contributed by atoms with Gasteiger partial charge in [0.15, 0.2) is 11.0 Å². The second kappa shape index (κ2) is 9.18. The van der Waals surface area contributed by atoms with Crippen LogP contribution in [0.3, 0.4) is 0 Å². The highest BCUT2D eigenvalue weighted by atomic mass is 35.5. The Morgan fingerprint density at radius 1 is 1.10 bits per heavy atom. The highest BCUT2D eigenvalue weighted by Gasteiger charge is 2.22. The van der Waals surface area contributed by atoms with Crippen LogP contribution in [0.25, 0.3) is 0 Å². The van der Waals surface area contributed by atoms with Gasteiger partial charge < -0.3 is 4.74 Å². The van der Waals surface area contributed by atoms with E-state index in [4.69, 9.17) is 49.4 Å². The molecule has 1 N–H and O–H groups in total. The Morgan fingerprint density at radius 2 is 1.97 bits per heavy atom. The normalized spacial score (nSPS) is 16.0. The summed E-state index contributed by atoms with van der Waals surface area (Å²) in [4.78, 5) is 10.3. The predicted octanol–water partition coefficient (Wildman–Crippen LogP) is 5.43. The molecule has 154 valence electrons. The Morgan fingerprint density at radius 3 is 2.77 bits per heavy atom. The van der Waals surface area contributed by atoms with E-state index in [2.05, 4.69) is 15.7 Å². The Kier molecular flexibility index (Phi) is 6.39. The van der Waals surface area contributed by atoms with Crippen LogP contribution in [-0.4, -0.2) is 28.7 Å². The molecule has 30 heavy (non-hydrogen) atoms. The maximum atomic E-state index is 6.38. The summed E-state index contributed by atoms with van der Waals surface area (Å²) in [5, 5.41) is 9.40. The third kappa shape index (κ3) is 5.02. The summed E-state index contributed by atoms with van der Waals surface area (Å²) in [7, 11) is 0. The fourth-order valence-electron chi connectivity index (χ4n) is 3.00. The standard InChI is InChI=1S/C21H17Cl3N4O2/c1-12-5-6-13(18(23)7-12)8-15-11-29-28-20(25-15)17-10-19(24)26-27-21(17)30-16-4-2-3-14(22)9-16/h2-7,9-10,15H,8,11H2,1H3,(H,25,28). The highest BCUT2D eigenvalue weighted by Crippen LogP contribution is 2.27. The molecular formula is C21H17Cl3N4O2. The largest absolute Gasteiger partial charge is 0.437 e. The van der Waals surface area contributed by atoms with Crippen molar-refractivity contribution in [2.24, 2.45) is 4.99 Å². The first-order valence-corrected chi connectivity index (χ1v) is 10.3. The van der Waals surface area contributed by atoms with E-state index in [0.717, 1.165) is 11.1 Å². The molecule has 0 aliphatic carbocycles. The van der Waals surface area contributed by atoms with Crippen LogP contribution in [0.1, 0.15) is 16.7 Å². The zero-order chi connectivity index (χ0) is 21.1. The van der Waals surface area contributed by atoms with Gasteiger partial charge in [-0.25, -0.2) is 5.48 Å². The number of amidine groups is 1. The zero-order valence-corrected chi connectivity index (χ0v) is 18.2. The van der Waals surface area contributed by atoms with Crippen LogP contribution in [0.2, 0.25) is 15.2 Å². The number of benzene rings is 2. The molecule has 1 aliphatic rings. The number of nitrogens with zero attached hydrogens (tertiary/aromatic N) is 3. The molecule has 0 saturated carbocycles. The SMILES string of the molecule is Cc1ccc(CC2CONC(c3cc(Cl)nnc3Oc3cccc(Cl)c3)=N2)c(Cl)c1. The lowest BCUT2D eigenvalue weighted by Crippen LogP contribution is -2.37. The fourth-order valence-corrected chi connectivity index (χ4v) is 3.64. The minimum atomic E-state index is -0.146. The molecule has 6 nitrogen and oxygen atoms in total. The van der Waals surface area contributed by atoms with Gasteiger partial charge in [-0.05, 0) is 54.8 Å². The quantitative estimate of drug-likeness (QED) is 0.546. The molecule has 0 bridgehead atoms. The third-order valence-electron chi connectivity index (χ3n) is 4.42. The number of ether oxygens (including phenoxy) is 1. The minimum absolute atomic E-state index is 0.146. The van der Waals surface area contributed by atoms with Gasteiger partial charge in [0.05, 0.1) is 18.2 Å². The molecule has 9 heteroatoms. The Balaban J connectivity index is 1.62. The third-order valence-corrected chi connectivity index (χ3v) is 5.19. The van der Waals surface area contributed by atoms with Crippen molar-refractivity contribution in [3.05, 3.63) is 80.4 Å². The Hall–Kier alpha value is -2.38. The topological polar surface area (TPSA) is 68.6 Å². The monoisotopic (exact) mass is 462 g/mol. The van der Waals surface area contributed by atoms with Crippen molar-refractivity contribution in [1.82, 2.24) is 15.7 Å². The molecule has 0 saturated heterocycles. The van der Waals surface area contributed by atoms with Gasteiger partial charge in [-0.2, -0.15) is 0 Å². The second-order valence-corrected chi connectivity index (χ2v) is 8.02. The van der Waals surface area contributed by atoms with E-state index < -0.39 is 0 Å². The number of hydroxylamine groups is 1. The number of aromatic nitrogens is 2. The molecule has 2 heterocycles. The molecular weight excluding hydrogens is 447 g/mol. The summed E-state index contributed by atoms with van der Waals surface area (Å²) in [5.74, 6) is 1.19. The summed E-state index contributed by atoms with van der Waals surface area (Å²) in [5.41, 5.74) is 5.46. The molecule has 0 fully saturated rings. The average molecular weight is 464 g/mol. The number of hydrogen-bond acceptors (Lipinski definition) is 6. The van der Waals surface area contributed by atoms with Crippen LogP contribution < -0.4 is 10.2 Å². The van der Waals surface area contributed by atoms with Gasteiger partial charge in [0.1, 0.15) is 5.75 Å². The van der Waals surface area contributed by atoms with Crippen LogP contribution in [0.15, 0.2) is 53.5 Å². The molecule has 1 atom stereocenters. The van der Waals surface area contributed by atoms with Crippen molar-refractivity contribution in [2.75, 3.05) is 6.61 Å². The summed E-state index contributed by atoms with van der Waals surface area (Å²) in [6.07, 6.45) is 0.626. The molecule has 0 spiro atoms. The first kappa shape index (κ1) is 20.9. The molecule has 3 aromatic rings. The van der Waals surface area contributed by atoms with E-state index >= 15 is 0 Å². The number of aliphatic imine (C=N–C) groups is 1. The lowest BCUT2D eigenvalue weighted by atomic mass is 10.0. The molecule has 2 aromatic carbocycles. The molecule has 1 unspecified atom stereocenters. The van der Waals surface area contributed by atoms with Crippen LogP contribution in [0.5, 0.6) is 11.6 Å². The second-order valence-electron chi connectivity index (χ2n) is 6.79. The zero-order valence-electron chi connectivity index (χ0n) is 15.9. The maximum absolute atomic E-state index is 6.38. The van der Waals surface area contributed by atoms with Crippen molar-refractivity contribution in [2.45, 2.75) is 19.4 Å². The predicted molar refractivity (Wildman–Crippen MR) is 118 cm³/mol. The summed E-state index contributed by atoms with van der Waals surface area (Å²) < 4.78 is 5.87. The lowest BCUT2D eigenvalue weighted by molar-refractivity contribution is 0.0623. The Labute approximate surface area is 188 Å². The lowest BCUT2D eigenvalue weighted by Gasteiger charge is -2.23. The van der Waals surface area contributed by atoms with Crippen molar-refractivity contribution in [3.8, 4) is 11.6 Å². The smallest absolute Gasteiger partial charge is 0.250 e. The molecule has 1 aliphatic heterocycles. The van der Waals surface area contributed by atoms with E-state index in [1.165, 1.54) is 0 Å². The molecule has 4 rings (SSSR count). The number of nitrogens with one attached hydrogen (secondary N) is 1. The van der Waals surface area contributed by atoms with Gasteiger partial charge in [-0.15, -0.1) is 10.2 Å². The van der Waals surface area contributed by atoms with E-state index in [1.54, 1.807) is 30.3 Å². The van der Waals surface area contributed by atoms with Gasteiger partial charge in [0.2, 0.25) is 5.88 Å². The number of halogens is 3. The van der Waals surface area contributed by atoms with E-state index in [1.807, 2.05) is 25.1 Å². The summed E-state index contributed by atoms with van der Waals surface area (Å²) in [6.45, 7) is 2.39. The van der Waals surface area contributed by atoms with E-state index in [0.29, 0.717) is 40.2 Å². The number of aryl methyl sites for hydroxylation is 1. The van der Waals surface area contributed by atoms with Crippen LogP contribution >= 0.6 is 34.8 Å². The first-order valence-electron chi connectivity index (χ1n) is 9.15. The van der Waals surface area contributed by atoms with Gasteiger partial charge in [-0.1, -0.05) is 53.0 Å². The van der Waals surface area contributed by atoms with Gasteiger partial charge in [-0.3, -0.25) is 9.83 Å². The van der Waals surface area contributed by atoms with Gasteiger partial charge in [0, 0.05) is 10.0 Å². The van der Waals surface area contributed by atoms with Gasteiger partial charge >= 0.3 is 0 Å². The first-order chi connectivity index (χ1) is 14.5. The highest BCUT2D eigenvalue weighted by molar-refractivity contribution is 6.31. The summed E-state index contributed by atoms with van der Waals surface area (Å²) >= 11 is 18.5. The van der Waals surface area contributed by atoms with Crippen LogP contribution in [0, 0.1) is 6.92 Å². The number of rotatable bonds is 5. The maximum Gasteiger partial charge on any atom is 0.250 e. The van der Waals surface area contributed by atoms with Crippen molar-refractivity contribution < 1.29 is 9.57 Å². The van der Waals surface area contributed by atoms with Crippen molar-refractivity contribution >= 4 is 40.6 Å². The Bertz CT molecular complexity index is 1110. The number of hydrogen-bond donors (Lipinski definition) is 1. The van der Waals surface area contributed by atoms with E-state index in [-0.39, 0.29) is 17.1 Å². The fraction of sp³-hybridized carbons (Fsp3) is 0.190.